The topological polar surface area (TPSA) is 112 Å². The fourth-order valence-corrected chi connectivity index (χ4v) is 3.02. The van der Waals surface area contributed by atoms with Crippen molar-refractivity contribution in [2.45, 2.75) is 13.5 Å². The molecule has 1 aliphatic heterocycles. The summed E-state index contributed by atoms with van der Waals surface area (Å²) in [5.41, 5.74) is 0.877. The third-order valence-electron chi connectivity index (χ3n) is 4.34. The summed E-state index contributed by atoms with van der Waals surface area (Å²) in [4.78, 5) is 25.5. The summed E-state index contributed by atoms with van der Waals surface area (Å²) < 4.78 is 5.48. The molecule has 2 heterocycles. The number of aryl methyl sites for hydroxylation is 1. The molecule has 9 nitrogen and oxygen atoms in total. The van der Waals surface area contributed by atoms with Crippen molar-refractivity contribution in [2.24, 2.45) is 0 Å². The van der Waals surface area contributed by atoms with Crippen LogP contribution in [0.2, 0.25) is 0 Å². The van der Waals surface area contributed by atoms with Crippen LogP contribution in [0.1, 0.15) is 11.5 Å². The van der Waals surface area contributed by atoms with Gasteiger partial charge in [0.15, 0.2) is 0 Å². The van der Waals surface area contributed by atoms with Crippen LogP contribution in [0.5, 0.6) is 0 Å². The lowest BCUT2D eigenvalue weighted by molar-refractivity contribution is -0.383. The third-order valence-corrected chi connectivity index (χ3v) is 4.34. The van der Waals surface area contributed by atoms with Gasteiger partial charge in [0, 0.05) is 26.2 Å². The predicted molar refractivity (Wildman–Crippen MR) is 95.7 cm³/mol. The maximum absolute atomic E-state index is 11.7. The van der Waals surface area contributed by atoms with E-state index in [1.165, 1.54) is 4.90 Å². The summed E-state index contributed by atoms with van der Waals surface area (Å²) in [6.45, 7) is 3.63. The Morgan fingerprint density at radius 3 is 2.58 bits per heavy atom. The van der Waals surface area contributed by atoms with Crippen LogP contribution in [0.3, 0.4) is 0 Å². The zero-order valence-corrected chi connectivity index (χ0v) is 14.3. The highest BCUT2D eigenvalue weighted by molar-refractivity contribution is 5.77. The van der Waals surface area contributed by atoms with Crippen molar-refractivity contribution in [2.75, 3.05) is 36.4 Å². The molecule has 9 heteroatoms. The van der Waals surface area contributed by atoms with Gasteiger partial charge in [0.1, 0.15) is 22.9 Å². The van der Waals surface area contributed by atoms with Crippen LogP contribution in [-0.4, -0.2) is 47.2 Å². The summed E-state index contributed by atoms with van der Waals surface area (Å²) in [5.74, 6) is 1.47. The number of nitrogens with zero attached hydrogens (tertiary/aromatic N) is 3. The largest absolute Gasteiger partial charge is 0.465 e. The van der Waals surface area contributed by atoms with Gasteiger partial charge in [0.2, 0.25) is 0 Å². The average molecular weight is 360 g/mol. The van der Waals surface area contributed by atoms with Gasteiger partial charge in [-0.1, -0.05) is 6.07 Å². The van der Waals surface area contributed by atoms with Gasteiger partial charge in [-0.3, -0.25) is 10.1 Å². The molecule has 1 aliphatic rings. The Kier molecular flexibility index (Phi) is 4.97. The number of nitro groups is 1. The van der Waals surface area contributed by atoms with Gasteiger partial charge in [0.25, 0.3) is 0 Å². The number of nitro benzene ring substituents is 1. The zero-order chi connectivity index (χ0) is 18.7. The minimum Gasteiger partial charge on any atom is -0.465 e. The normalized spacial score (nSPS) is 14.3. The second-order valence-corrected chi connectivity index (χ2v) is 6.05. The number of furan rings is 1. The van der Waals surface area contributed by atoms with Crippen molar-refractivity contribution >= 4 is 23.2 Å². The van der Waals surface area contributed by atoms with Gasteiger partial charge < -0.3 is 24.6 Å². The van der Waals surface area contributed by atoms with Crippen LogP contribution in [0.4, 0.5) is 21.9 Å². The van der Waals surface area contributed by atoms with E-state index in [2.05, 4.69) is 5.32 Å². The van der Waals surface area contributed by atoms with E-state index in [0.29, 0.717) is 49.9 Å². The Morgan fingerprint density at radius 2 is 2.00 bits per heavy atom. The molecule has 1 fully saturated rings. The Morgan fingerprint density at radius 1 is 1.27 bits per heavy atom. The molecule has 1 saturated heterocycles. The molecule has 3 rings (SSSR count). The Labute approximate surface area is 150 Å². The maximum atomic E-state index is 11.7. The Hall–Kier alpha value is -3.23. The molecule has 2 N–H and O–H groups in total. The van der Waals surface area contributed by atoms with Crippen molar-refractivity contribution in [3.05, 3.63) is 52.0 Å². The van der Waals surface area contributed by atoms with Crippen molar-refractivity contribution in [3.8, 4) is 0 Å². The molecule has 0 atom stereocenters. The van der Waals surface area contributed by atoms with Crippen molar-refractivity contribution in [1.29, 1.82) is 0 Å². The molecular formula is C17H20N4O5. The number of nitrogens with one attached hydrogen (secondary N) is 1. The molecule has 138 valence electrons. The van der Waals surface area contributed by atoms with E-state index in [0.717, 1.165) is 5.76 Å². The highest BCUT2D eigenvalue weighted by Gasteiger charge is 2.27. The third kappa shape index (κ3) is 3.71. The molecular weight excluding hydrogens is 340 g/mol. The van der Waals surface area contributed by atoms with Crippen LogP contribution < -0.4 is 10.2 Å². The molecule has 0 radical (unpaired) electrons. The number of anilines is 2. The van der Waals surface area contributed by atoms with Crippen LogP contribution >= 0.6 is 0 Å². The van der Waals surface area contributed by atoms with Gasteiger partial charge in [0.05, 0.1) is 11.5 Å². The highest BCUT2D eigenvalue weighted by atomic mass is 16.6. The Bertz CT molecular complexity index is 811. The van der Waals surface area contributed by atoms with E-state index >= 15 is 0 Å². The van der Waals surface area contributed by atoms with Crippen LogP contribution in [0.25, 0.3) is 0 Å². The monoisotopic (exact) mass is 360 g/mol. The van der Waals surface area contributed by atoms with E-state index in [1.807, 2.05) is 24.0 Å². The predicted octanol–water partition coefficient (Wildman–Crippen LogP) is 2.91. The lowest BCUT2D eigenvalue weighted by atomic mass is 10.2. The number of benzene rings is 1. The number of piperazine rings is 1. The van der Waals surface area contributed by atoms with Gasteiger partial charge in [-0.05, 0) is 31.2 Å². The number of carboxylic acid groups (broad SMARTS) is 1. The molecule has 2 aromatic rings. The van der Waals surface area contributed by atoms with Gasteiger partial charge in [-0.2, -0.15) is 0 Å². The van der Waals surface area contributed by atoms with Gasteiger partial charge in [-0.25, -0.2) is 4.79 Å². The maximum Gasteiger partial charge on any atom is 0.407 e. The highest BCUT2D eigenvalue weighted by Crippen LogP contribution is 2.36. The molecule has 0 bridgehead atoms. The molecule has 0 saturated carbocycles. The van der Waals surface area contributed by atoms with Gasteiger partial charge in [-0.15, -0.1) is 0 Å². The summed E-state index contributed by atoms with van der Waals surface area (Å²) in [7, 11) is 0. The number of hydrogen-bond donors (Lipinski definition) is 2. The fourth-order valence-electron chi connectivity index (χ4n) is 3.02. The first-order chi connectivity index (χ1) is 12.5. The van der Waals surface area contributed by atoms with E-state index in [4.69, 9.17) is 9.52 Å². The van der Waals surface area contributed by atoms with E-state index in [9.17, 15) is 14.9 Å². The average Bonchev–Trinajstić information content (AvgIpc) is 3.05. The summed E-state index contributed by atoms with van der Waals surface area (Å²) in [5, 5.41) is 23.8. The van der Waals surface area contributed by atoms with Crippen LogP contribution in [0.15, 0.2) is 34.7 Å². The zero-order valence-electron chi connectivity index (χ0n) is 14.3. The lowest BCUT2D eigenvalue weighted by Gasteiger charge is -2.34. The van der Waals surface area contributed by atoms with Crippen molar-refractivity contribution < 1.29 is 19.2 Å². The standard InChI is InChI=1S/C17H20N4O5/c1-12-5-6-13(26-12)11-18-14-3-2-4-15(16(14)21(24)25)19-7-9-20(10-8-19)17(22)23/h2-6,18H,7-11H2,1H3,(H,22,23). The SMILES string of the molecule is Cc1ccc(CNc2cccc(N3CCN(C(=O)O)CC3)c2[N+](=O)[O-])o1. The van der Waals surface area contributed by atoms with Crippen LogP contribution in [-0.2, 0) is 6.54 Å². The number of rotatable bonds is 5. The minimum absolute atomic E-state index is 0.0143. The smallest absolute Gasteiger partial charge is 0.407 e. The lowest BCUT2D eigenvalue weighted by Crippen LogP contribution is -2.48. The van der Waals surface area contributed by atoms with E-state index in [-0.39, 0.29) is 5.69 Å². The molecule has 1 aromatic heterocycles. The molecule has 0 aliphatic carbocycles. The van der Waals surface area contributed by atoms with Gasteiger partial charge >= 0.3 is 11.8 Å². The number of carbonyl (C=O) groups is 1. The molecule has 0 unspecified atom stereocenters. The number of amides is 1. The first-order valence-electron chi connectivity index (χ1n) is 8.25. The summed E-state index contributed by atoms with van der Waals surface area (Å²) >= 11 is 0. The first-order valence-corrected chi connectivity index (χ1v) is 8.25. The molecule has 1 amide bonds. The molecule has 26 heavy (non-hydrogen) atoms. The first kappa shape index (κ1) is 17.6. The van der Waals surface area contributed by atoms with Crippen molar-refractivity contribution in [1.82, 2.24) is 4.90 Å². The second kappa shape index (κ2) is 7.34. The fraction of sp³-hybridized carbons (Fsp3) is 0.353. The number of hydrogen-bond acceptors (Lipinski definition) is 6. The van der Waals surface area contributed by atoms with Crippen LogP contribution in [0, 0.1) is 17.0 Å². The second-order valence-electron chi connectivity index (χ2n) is 6.05. The molecule has 0 spiro atoms. The summed E-state index contributed by atoms with van der Waals surface area (Å²) in [6, 6.07) is 8.76. The minimum atomic E-state index is -0.969. The quantitative estimate of drug-likeness (QED) is 0.623. The van der Waals surface area contributed by atoms with E-state index in [1.54, 1.807) is 18.2 Å². The number of para-hydroxylation sites is 1. The Balaban J connectivity index is 1.80. The van der Waals surface area contributed by atoms with Crippen molar-refractivity contribution in [3.63, 3.8) is 0 Å². The van der Waals surface area contributed by atoms with E-state index < -0.39 is 11.0 Å². The summed E-state index contributed by atoms with van der Waals surface area (Å²) in [6.07, 6.45) is -0.969. The molecule has 1 aromatic carbocycles.